The van der Waals surface area contributed by atoms with Gasteiger partial charge in [-0.05, 0) is 25.0 Å². The molecule has 23 heavy (non-hydrogen) atoms. The van der Waals surface area contributed by atoms with Crippen LogP contribution in [0, 0.1) is 5.92 Å². The predicted molar refractivity (Wildman–Crippen MR) is 95.4 cm³/mol. The number of nitrogens with two attached hydrogens (primary N) is 1. The maximum absolute atomic E-state index is 6.54. The molecule has 4 rings (SSSR count). The van der Waals surface area contributed by atoms with E-state index in [2.05, 4.69) is 32.0 Å². The highest BCUT2D eigenvalue weighted by atomic mass is 32.1. The van der Waals surface area contributed by atoms with Crippen LogP contribution in [0.3, 0.4) is 0 Å². The lowest BCUT2D eigenvalue weighted by Gasteiger charge is -2.48. The lowest BCUT2D eigenvalue weighted by molar-refractivity contribution is 0.179. The normalized spacial score (nSPS) is 31.5. The minimum atomic E-state index is -0.602. The van der Waals surface area contributed by atoms with Crippen molar-refractivity contribution in [2.75, 3.05) is 12.4 Å². The van der Waals surface area contributed by atoms with Gasteiger partial charge in [-0.25, -0.2) is 4.98 Å². The number of hydrogen-bond acceptors (Lipinski definition) is 6. The van der Waals surface area contributed by atoms with Crippen LogP contribution in [0.4, 0.5) is 5.13 Å². The second-order valence-corrected chi connectivity index (χ2v) is 7.09. The van der Waals surface area contributed by atoms with Crippen LogP contribution in [0.25, 0.3) is 10.2 Å². The molecule has 120 valence electrons. The lowest BCUT2D eigenvalue weighted by atomic mass is 9.71. The lowest BCUT2D eigenvalue weighted by Crippen LogP contribution is -2.70. The van der Waals surface area contributed by atoms with E-state index in [1.807, 2.05) is 30.6 Å². The molecule has 1 unspecified atom stereocenters. The standard InChI is InChI=1S/C16H20N6S/c1-18-14-16(17,20-7-6-19-14)10-8-11(9-10)21-15-22-12-4-2-3-5-13(12)23-15/h2-7,10-11,20H,8-9,17H2,1H3,(H,18,19)(H,21,22). The average Bonchev–Trinajstić information content (AvgIpc) is 2.93. The van der Waals surface area contributed by atoms with Gasteiger partial charge < -0.3 is 21.7 Å². The number of amidine groups is 1. The summed E-state index contributed by atoms with van der Waals surface area (Å²) in [6, 6.07) is 8.62. The minimum absolute atomic E-state index is 0.338. The number of nitrogens with one attached hydrogen (secondary N) is 3. The highest BCUT2D eigenvalue weighted by Crippen LogP contribution is 2.38. The summed E-state index contributed by atoms with van der Waals surface area (Å²) in [7, 11) is 1.76. The third-order valence-corrected chi connectivity index (χ3v) is 5.61. The van der Waals surface area contributed by atoms with Crippen LogP contribution in [-0.4, -0.2) is 29.6 Å². The summed E-state index contributed by atoms with van der Waals surface area (Å²) in [6.07, 6.45) is 5.66. The van der Waals surface area contributed by atoms with Crippen molar-refractivity contribution in [2.45, 2.75) is 24.5 Å². The summed E-state index contributed by atoms with van der Waals surface area (Å²) in [6.45, 7) is 0. The van der Waals surface area contributed by atoms with E-state index in [-0.39, 0.29) is 0 Å². The van der Waals surface area contributed by atoms with Gasteiger partial charge in [0.15, 0.2) is 5.13 Å². The van der Waals surface area contributed by atoms with E-state index in [0.717, 1.165) is 29.3 Å². The first kappa shape index (κ1) is 14.5. The molecule has 5 N–H and O–H groups in total. The van der Waals surface area contributed by atoms with E-state index in [4.69, 9.17) is 5.73 Å². The van der Waals surface area contributed by atoms with Crippen molar-refractivity contribution in [1.29, 1.82) is 0 Å². The van der Waals surface area contributed by atoms with Crippen molar-refractivity contribution in [3.05, 3.63) is 36.7 Å². The molecule has 0 radical (unpaired) electrons. The van der Waals surface area contributed by atoms with Crippen molar-refractivity contribution in [3.63, 3.8) is 0 Å². The third-order valence-electron chi connectivity index (χ3n) is 4.64. The Balaban J connectivity index is 1.42. The number of hydrogen-bond donors (Lipinski definition) is 4. The quantitative estimate of drug-likeness (QED) is 0.690. The van der Waals surface area contributed by atoms with Gasteiger partial charge in [-0.2, -0.15) is 0 Å². The highest BCUT2D eigenvalue weighted by molar-refractivity contribution is 7.22. The number of benzene rings is 1. The van der Waals surface area contributed by atoms with E-state index in [1.54, 1.807) is 18.4 Å². The van der Waals surface area contributed by atoms with Gasteiger partial charge >= 0.3 is 0 Å². The molecule has 1 aliphatic carbocycles. The average molecular weight is 328 g/mol. The zero-order chi connectivity index (χ0) is 15.9. The molecule has 6 nitrogen and oxygen atoms in total. The van der Waals surface area contributed by atoms with Gasteiger partial charge in [0.25, 0.3) is 0 Å². The molecular weight excluding hydrogens is 308 g/mol. The van der Waals surface area contributed by atoms with Crippen LogP contribution in [0.2, 0.25) is 0 Å². The Morgan fingerprint density at radius 1 is 1.35 bits per heavy atom. The van der Waals surface area contributed by atoms with E-state index in [9.17, 15) is 0 Å². The molecule has 1 saturated carbocycles. The summed E-state index contributed by atoms with van der Waals surface area (Å²) >= 11 is 1.70. The van der Waals surface area contributed by atoms with Crippen molar-refractivity contribution in [2.24, 2.45) is 16.6 Å². The zero-order valence-corrected chi connectivity index (χ0v) is 13.7. The Bertz CT molecular complexity index is 743. The summed E-state index contributed by atoms with van der Waals surface area (Å²) < 4.78 is 1.21. The molecule has 0 spiro atoms. The van der Waals surface area contributed by atoms with Crippen LogP contribution in [0.15, 0.2) is 41.7 Å². The third kappa shape index (κ3) is 2.46. The van der Waals surface area contributed by atoms with Gasteiger partial charge in [0.05, 0.1) is 10.2 Å². The van der Waals surface area contributed by atoms with Gasteiger partial charge in [0.1, 0.15) is 11.5 Å². The van der Waals surface area contributed by atoms with Gasteiger partial charge in [-0.3, -0.25) is 4.99 Å². The topological polar surface area (TPSA) is 87.4 Å². The van der Waals surface area contributed by atoms with Gasteiger partial charge in [0.2, 0.25) is 0 Å². The molecule has 1 atom stereocenters. The van der Waals surface area contributed by atoms with Crippen molar-refractivity contribution < 1.29 is 0 Å². The Hall–Kier alpha value is -2.12. The Labute approximate surface area is 138 Å². The minimum Gasteiger partial charge on any atom is -0.366 e. The largest absolute Gasteiger partial charge is 0.366 e. The van der Waals surface area contributed by atoms with Crippen LogP contribution < -0.4 is 21.7 Å². The Kier molecular flexibility index (Phi) is 3.46. The fourth-order valence-electron chi connectivity index (χ4n) is 3.26. The first-order valence-corrected chi connectivity index (χ1v) is 8.58. The predicted octanol–water partition coefficient (Wildman–Crippen LogP) is 1.83. The number of rotatable bonds is 3. The van der Waals surface area contributed by atoms with Crippen LogP contribution >= 0.6 is 11.3 Å². The molecule has 0 amide bonds. The van der Waals surface area contributed by atoms with Crippen molar-refractivity contribution in [1.82, 2.24) is 15.6 Å². The molecule has 2 heterocycles. The fourth-order valence-corrected chi connectivity index (χ4v) is 4.21. The first-order valence-electron chi connectivity index (χ1n) is 7.76. The number of fused-ring (bicyclic) bond motifs is 1. The number of para-hydroxylation sites is 1. The number of thiazole rings is 1. The Morgan fingerprint density at radius 3 is 2.96 bits per heavy atom. The van der Waals surface area contributed by atoms with E-state index < -0.39 is 5.66 Å². The number of anilines is 1. The second-order valence-electron chi connectivity index (χ2n) is 6.06. The molecule has 7 heteroatoms. The van der Waals surface area contributed by atoms with Crippen molar-refractivity contribution in [3.8, 4) is 0 Å². The second kappa shape index (κ2) is 5.50. The van der Waals surface area contributed by atoms with Crippen LogP contribution in [0.1, 0.15) is 12.8 Å². The van der Waals surface area contributed by atoms with Crippen LogP contribution in [-0.2, 0) is 0 Å². The van der Waals surface area contributed by atoms with E-state index in [0.29, 0.717) is 12.0 Å². The SMILES string of the molecule is CN=C1NC=CNC1(N)C1CC(Nc2nc3ccccc3s2)C1. The molecule has 1 aromatic carbocycles. The molecule has 2 aliphatic rings. The zero-order valence-electron chi connectivity index (χ0n) is 12.9. The number of nitrogens with zero attached hydrogens (tertiary/aromatic N) is 2. The van der Waals surface area contributed by atoms with Crippen LogP contribution in [0.5, 0.6) is 0 Å². The summed E-state index contributed by atoms with van der Waals surface area (Å²) in [5, 5.41) is 10.9. The summed E-state index contributed by atoms with van der Waals surface area (Å²) in [4.78, 5) is 8.91. The van der Waals surface area contributed by atoms with Gasteiger partial charge in [-0.1, -0.05) is 23.5 Å². The summed E-state index contributed by atoms with van der Waals surface area (Å²) in [5.74, 6) is 1.13. The molecule has 2 aromatic rings. The fraction of sp³-hybridized carbons (Fsp3) is 0.375. The first-order chi connectivity index (χ1) is 11.2. The van der Waals surface area contributed by atoms with Gasteiger partial charge in [0, 0.05) is 31.4 Å². The summed E-state index contributed by atoms with van der Waals surface area (Å²) in [5.41, 5.74) is 6.99. The monoisotopic (exact) mass is 328 g/mol. The molecule has 1 aromatic heterocycles. The van der Waals surface area contributed by atoms with E-state index in [1.165, 1.54) is 4.70 Å². The molecular formula is C16H20N6S. The smallest absolute Gasteiger partial charge is 0.184 e. The highest BCUT2D eigenvalue weighted by Gasteiger charge is 2.47. The molecule has 0 bridgehead atoms. The maximum atomic E-state index is 6.54. The van der Waals surface area contributed by atoms with Crippen molar-refractivity contribution >= 4 is 32.5 Å². The van der Waals surface area contributed by atoms with Gasteiger partial charge in [-0.15, -0.1) is 0 Å². The molecule has 1 aliphatic heterocycles. The maximum Gasteiger partial charge on any atom is 0.184 e. The number of aliphatic imine (C=N–C) groups is 1. The Morgan fingerprint density at radius 2 is 2.17 bits per heavy atom. The molecule has 0 saturated heterocycles. The van der Waals surface area contributed by atoms with E-state index >= 15 is 0 Å². The molecule has 1 fully saturated rings. The number of aromatic nitrogens is 1.